The lowest BCUT2D eigenvalue weighted by molar-refractivity contribution is 0.0945. The Kier molecular flexibility index (Phi) is 5.65. The van der Waals surface area contributed by atoms with Crippen LogP contribution in [-0.2, 0) is 0 Å². The molecule has 0 aliphatic carbocycles. The Labute approximate surface area is 133 Å². The molecule has 2 rings (SSSR count). The Balaban J connectivity index is 2.10. The Bertz CT molecular complexity index is 692. The van der Waals surface area contributed by atoms with Crippen LogP contribution in [0.15, 0.2) is 42.5 Å². The Morgan fingerprint density at radius 2 is 1.96 bits per heavy atom. The number of hydrogen-bond donors (Lipinski definition) is 3. The standard InChI is InChI=1S/C17H18F2N2O2/c1-11(12-5-6-15(18)16(19)10-12)21-14-4-2-3-13(9-14)17(23)20-7-8-22/h2-6,9-11,21-22H,7-8H2,1H3,(H,20,23). The first-order valence-corrected chi connectivity index (χ1v) is 7.22. The summed E-state index contributed by atoms with van der Waals surface area (Å²) in [6.45, 7) is 1.86. The largest absolute Gasteiger partial charge is 0.395 e. The molecule has 122 valence electrons. The third kappa shape index (κ3) is 4.50. The summed E-state index contributed by atoms with van der Waals surface area (Å²) in [7, 11) is 0. The van der Waals surface area contributed by atoms with Crippen LogP contribution in [0.4, 0.5) is 14.5 Å². The molecule has 0 fully saturated rings. The topological polar surface area (TPSA) is 61.4 Å². The number of amides is 1. The number of aliphatic hydroxyl groups excluding tert-OH is 1. The van der Waals surface area contributed by atoms with E-state index in [1.165, 1.54) is 6.07 Å². The summed E-state index contributed by atoms with van der Waals surface area (Å²) in [5.41, 5.74) is 1.72. The molecule has 0 saturated carbocycles. The van der Waals surface area contributed by atoms with Crippen LogP contribution in [-0.4, -0.2) is 24.2 Å². The molecule has 1 atom stereocenters. The molecule has 0 aliphatic heterocycles. The first-order valence-electron chi connectivity index (χ1n) is 7.22. The van der Waals surface area contributed by atoms with Gasteiger partial charge in [0.2, 0.25) is 0 Å². The van der Waals surface area contributed by atoms with E-state index in [-0.39, 0.29) is 25.1 Å². The minimum absolute atomic E-state index is 0.128. The molecule has 0 heterocycles. The van der Waals surface area contributed by atoms with E-state index in [9.17, 15) is 13.6 Å². The number of nitrogens with one attached hydrogen (secondary N) is 2. The molecular formula is C17H18F2N2O2. The van der Waals surface area contributed by atoms with Crippen LogP contribution in [0.1, 0.15) is 28.9 Å². The lowest BCUT2D eigenvalue weighted by Gasteiger charge is -2.16. The highest BCUT2D eigenvalue weighted by molar-refractivity contribution is 5.95. The highest BCUT2D eigenvalue weighted by Gasteiger charge is 2.11. The van der Waals surface area contributed by atoms with Crippen molar-refractivity contribution < 1.29 is 18.7 Å². The van der Waals surface area contributed by atoms with Crippen LogP contribution in [0.5, 0.6) is 0 Å². The third-order valence-corrected chi connectivity index (χ3v) is 3.35. The molecule has 6 heteroatoms. The highest BCUT2D eigenvalue weighted by atomic mass is 19.2. The van der Waals surface area contributed by atoms with Gasteiger partial charge in [-0.2, -0.15) is 0 Å². The molecule has 0 spiro atoms. The molecule has 4 nitrogen and oxygen atoms in total. The summed E-state index contributed by atoms with van der Waals surface area (Å²) in [5, 5.41) is 14.4. The molecule has 0 aliphatic rings. The van der Waals surface area contributed by atoms with E-state index < -0.39 is 11.6 Å². The van der Waals surface area contributed by atoms with E-state index in [0.717, 1.165) is 12.1 Å². The van der Waals surface area contributed by atoms with Gasteiger partial charge in [-0.25, -0.2) is 8.78 Å². The zero-order chi connectivity index (χ0) is 16.8. The number of carbonyl (C=O) groups is 1. The fourth-order valence-electron chi connectivity index (χ4n) is 2.14. The van der Waals surface area contributed by atoms with Gasteiger partial charge in [0.1, 0.15) is 0 Å². The van der Waals surface area contributed by atoms with Crippen molar-refractivity contribution in [2.75, 3.05) is 18.5 Å². The Morgan fingerprint density at radius 1 is 1.17 bits per heavy atom. The van der Waals surface area contributed by atoms with Gasteiger partial charge >= 0.3 is 0 Å². The zero-order valence-corrected chi connectivity index (χ0v) is 12.6. The van der Waals surface area contributed by atoms with Crippen LogP contribution in [0, 0.1) is 11.6 Å². The maximum Gasteiger partial charge on any atom is 0.251 e. The fraction of sp³-hybridized carbons (Fsp3) is 0.235. The summed E-state index contributed by atoms with van der Waals surface area (Å²) in [6.07, 6.45) is 0. The molecule has 23 heavy (non-hydrogen) atoms. The summed E-state index contributed by atoms with van der Waals surface area (Å²) in [6, 6.07) is 10.3. The normalized spacial score (nSPS) is 11.8. The van der Waals surface area contributed by atoms with E-state index >= 15 is 0 Å². The van der Waals surface area contributed by atoms with Crippen LogP contribution < -0.4 is 10.6 Å². The minimum Gasteiger partial charge on any atom is -0.395 e. The number of carbonyl (C=O) groups excluding carboxylic acids is 1. The van der Waals surface area contributed by atoms with Crippen LogP contribution in [0.3, 0.4) is 0 Å². The molecule has 0 saturated heterocycles. The van der Waals surface area contributed by atoms with Gasteiger partial charge in [-0.05, 0) is 42.8 Å². The second kappa shape index (κ2) is 7.69. The highest BCUT2D eigenvalue weighted by Crippen LogP contribution is 2.21. The Morgan fingerprint density at radius 3 is 2.65 bits per heavy atom. The smallest absolute Gasteiger partial charge is 0.251 e. The SMILES string of the molecule is CC(Nc1cccc(C(=O)NCCO)c1)c1ccc(F)c(F)c1. The monoisotopic (exact) mass is 320 g/mol. The second-order valence-corrected chi connectivity index (χ2v) is 5.10. The number of benzene rings is 2. The number of halogens is 2. The van der Waals surface area contributed by atoms with E-state index in [1.54, 1.807) is 24.3 Å². The summed E-state index contributed by atoms with van der Waals surface area (Å²) in [4.78, 5) is 11.9. The predicted molar refractivity (Wildman–Crippen MR) is 84.3 cm³/mol. The van der Waals surface area contributed by atoms with Crippen LogP contribution in [0.25, 0.3) is 0 Å². The number of hydrogen-bond acceptors (Lipinski definition) is 3. The van der Waals surface area contributed by atoms with Gasteiger partial charge in [0.15, 0.2) is 11.6 Å². The van der Waals surface area contributed by atoms with Gasteiger partial charge in [0.25, 0.3) is 5.91 Å². The zero-order valence-electron chi connectivity index (χ0n) is 12.6. The summed E-state index contributed by atoms with van der Waals surface area (Å²) < 4.78 is 26.3. The van der Waals surface area contributed by atoms with Crippen molar-refractivity contribution in [2.24, 2.45) is 0 Å². The Hall–Kier alpha value is -2.47. The van der Waals surface area contributed by atoms with Gasteiger partial charge in [0.05, 0.1) is 6.61 Å². The number of anilines is 1. The second-order valence-electron chi connectivity index (χ2n) is 5.10. The lowest BCUT2D eigenvalue weighted by Crippen LogP contribution is -2.26. The number of aliphatic hydroxyl groups is 1. The molecule has 2 aromatic rings. The van der Waals surface area contributed by atoms with Crippen molar-refractivity contribution in [1.29, 1.82) is 0 Å². The molecular weight excluding hydrogens is 302 g/mol. The van der Waals surface area contributed by atoms with Crippen molar-refractivity contribution in [2.45, 2.75) is 13.0 Å². The molecule has 0 radical (unpaired) electrons. The summed E-state index contributed by atoms with van der Waals surface area (Å²) in [5.74, 6) is -2.07. The maximum absolute atomic E-state index is 13.3. The van der Waals surface area contributed by atoms with E-state index in [1.807, 2.05) is 6.92 Å². The van der Waals surface area contributed by atoms with Gasteiger partial charge < -0.3 is 15.7 Å². The van der Waals surface area contributed by atoms with Crippen LogP contribution in [0.2, 0.25) is 0 Å². The number of rotatable bonds is 6. The van der Waals surface area contributed by atoms with Crippen molar-refractivity contribution >= 4 is 11.6 Å². The molecule has 2 aromatic carbocycles. The van der Waals surface area contributed by atoms with Gasteiger partial charge in [-0.3, -0.25) is 4.79 Å². The molecule has 1 unspecified atom stereocenters. The van der Waals surface area contributed by atoms with Gasteiger partial charge in [0, 0.05) is 23.8 Å². The quantitative estimate of drug-likeness (QED) is 0.767. The van der Waals surface area contributed by atoms with Crippen molar-refractivity contribution in [3.05, 3.63) is 65.2 Å². The lowest BCUT2D eigenvalue weighted by atomic mass is 10.1. The molecule has 0 aromatic heterocycles. The van der Waals surface area contributed by atoms with Crippen molar-refractivity contribution in [1.82, 2.24) is 5.32 Å². The van der Waals surface area contributed by atoms with Crippen LogP contribution >= 0.6 is 0 Å². The van der Waals surface area contributed by atoms with E-state index in [4.69, 9.17) is 5.11 Å². The first-order chi connectivity index (χ1) is 11.0. The molecule has 1 amide bonds. The van der Waals surface area contributed by atoms with Crippen molar-refractivity contribution in [3.63, 3.8) is 0 Å². The minimum atomic E-state index is -0.895. The van der Waals surface area contributed by atoms with Gasteiger partial charge in [-0.1, -0.05) is 12.1 Å². The van der Waals surface area contributed by atoms with Crippen molar-refractivity contribution in [3.8, 4) is 0 Å². The van der Waals surface area contributed by atoms with Gasteiger partial charge in [-0.15, -0.1) is 0 Å². The van der Waals surface area contributed by atoms with E-state index in [0.29, 0.717) is 16.8 Å². The summed E-state index contributed by atoms with van der Waals surface area (Å²) >= 11 is 0. The van der Waals surface area contributed by atoms with E-state index in [2.05, 4.69) is 10.6 Å². The maximum atomic E-state index is 13.3. The molecule has 0 bridgehead atoms. The third-order valence-electron chi connectivity index (χ3n) is 3.35. The average Bonchev–Trinajstić information content (AvgIpc) is 2.55. The fourth-order valence-corrected chi connectivity index (χ4v) is 2.14. The predicted octanol–water partition coefficient (Wildman–Crippen LogP) is 2.86. The average molecular weight is 320 g/mol. The first kappa shape index (κ1) is 16.9. The molecule has 3 N–H and O–H groups in total.